The maximum absolute atomic E-state index is 6.11. The van der Waals surface area contributed by atoms with E-state index in [0.717, 1.165) is 11.1 Å². The Bertz CT molecular complexity index is 516. The van der Waals surface area contributed by atoms with Crippen LogP contribution in [0.15, 0.2) is 42.7 Å². The summed E-state index contributed by atoms with van der Waals surface area (Å²) in [7, 11) is 0. The van der Waals surface area contributed by atoms with Gasteiger partial charge in [-0.2, -0.15) is 0 Å². The molecule has 0 fully saturated rings. The van der Waals surface area contributed by atoms with Crippen LogP contribution in [0.5, 0.6) is 5.75 Å². The van der Waals surface area contributed by atoms with E-state index in [1.165, 1.54) is 0 Å². The van der Waals surface area contributed by atoms with Gasteiger partial charge in [0.2, 0.25) is 0 Å². The van der Waals surface area contributed by atoms with Crippen LogP contribution in [0.2, 0.25) is 5.02 Å². The summed E-state index contributed by atoms with van der Waals surface area (Å²) >= 11 is 6.11. The van der Waals surface area contributed by atoms with E-state index in [0.29, 0.717) is 17.3 Å². The first kappa shape index (κ1) is 12.9. The van der Waals surface area contributed by atoms with Gasteiger partial charge in [0.25, 0.3) is 0 Å². The van der Waals surface area contributed by atoms with Crippen molar-refractivity contribution in [1.82, 2.24) is 4.98 Å². The number of ether oxygens (including phenoxy) is 1. The largest absolute Gasteiger partial charge is 0.483 e. The molecule has 0 aliphatic rings. The summed E-state index contributed by atoms with van der Waals surface area (Å²) in [6.07, 6.45) is 3.23. The molecule has 94 valence electrons. The van der Waals surface area contributed by atoms with E-state index in [9.17, 15) is 0 Å². The Hall–Kier alpha value is -1.58. The van der Waals surface area contributed by atoms with Gasteiger partial charge in [0.15, 0.2) is 0 Å². The maximum atomic E-state index is 6.11. The molecule has 2 aromatic rings. The Balaban J connectivity index is 2.23. The molecule has 0 spiro atoms. The lowest BCUT2D eigenvalue weighted by molar-refractivity contribution is 0.214. The number of pyridine rings is 1. The average molecular weight is 263 g/mol. The monoisotopic (exact) mass is 262 g/mol. The molecule has 0 amide bonds. The van der Waals surface area contributed by atoms with Crippen molar-refractivity contribution in [1.29, 1.82) is 0 Å². The first-order valence-electron chi connectivity index (χ1n) is 5.73. The molecule has 2 rings (SSSR count). The lowest BCUT2D eigenvalue weighted by atomic mass is 10.1. The zero-order chi connectivity index (χ0) is 13.0. The van der Waals surface area contributed by atoms with Crippen molar-refractivity contribution < 1.29 is 4.74 Å². The van der Waals surface area contributed by atoms with Crippen LogP contribution in [-0.4, -0.2) is 11.5 Å². The van der Waals surface area contributed by atoms with Gasteiger partial charge in [-0.3, -0.25) is 4.98 Å². The molecule has 2 N–H and O–H groups in total. The molecule has 1 aromatic heterocycles. The lowest BCUT2D eigenvalue weighted by Crippen LogP contribution is -2.18. The normalized spacial score (nSPS) is 12.2. The Morgan fingerprint density at radius 1 is 1.28 bits per heavy atom. The summed E-state index contributed by atoms with van der Waals surface area (Å²) in [6, 6.07) is 9.46. The Labute approximate surface area is 112 Å². The predicted molar refractivity (Wildman–Crippen MR) is 72.8 cm³/mol. The second-order valence-electron chi connectivity index (χ2n) is 4.06. The molecule has 0 saturated carbocycles. The minimum atomic E-state index is -0.215. The third kappa shape index (κ3) is 3.00. The Kier molecular flexibility index (Phi) is 4.18. The smallest absolute Gasteiger partial charge is 0.139 e. The minimum Gasteiger partial charge on any atom is -0.483 e. The van der Waals surface area contributed by atoms with Crippen molar-refractivity contribution in [2.24, 2.45) is 5.73 Å². The van der Waals surface area contributed by atoms with Gasteiger partial charge >= 0.3 is 0 Å². The number of benzene rings is 1. The molecule has 0 saturated heterocycles. The van der Waals surface area contributed by atoms with Crippen LogP contribution in [0.3, 0.4) is 0 Å². The quantitative estimate of drug-likeness (QED) is 0.921. The SMILES string of the molecule is Cc1ccc(Cl)c(OC(CN)c2ccncc2)c1. The molecule has 0 aliphatic heterocycles. The third-order valence-electron chi connectivity index (χ3n) is 2.65. The van der Waals surface area contributed by atoms with Crippen LogP contribution >= 0.6 is 11.6 Å². The average Bonchev–Trinajstić information content (AvgIpc) is 2.41. The highest BCUT2D eigenvalue weighted by atomic mass is 35.5. The second-order valence-corrected chi connectivity index (χ2v) is 4.46. The van der Waals surface area contributed by atoms with Crippen molar-refractivity contribution in [2.75, 3.05) is 6.54 Å². The van der Waals surface area contributed by atoms with Gasteiger partial charge in [-0.1, -0.05) is 17.7 Å². The van der Waals surface area contributed by atoms with Gasteiger partial charge in [0.05, 0.1) is 5.02 Å². The van der Waals surface area contributed by atoms with E-state index in [1.54, 1.807) is 12.4 Å². The highest BCUT2D eigenvalue weighted by molar-refractivity contribution is 6.32. The van der Waals surface area contributed by atoms with E-state index in [-0.39, 0.29) is 6.10 Å². The number of nitrogens with two attached hydrogens (primary N) is 1. The zero-order valence-electron chi connectivity index (χ0n) is 10.1. The zero-order valence-corrected chi connectivity index (χ0v) is 10.9. The van der Waals surface area contributed by atoms with Gasteiger partial charge < -0.3 is 10.5 Å². The fourth-order valence-electron chi connectivity index (χ4n) is 1.68. The highest BCUT2D eigenvalue weighted by Crippen LogP contribution is 2.29. The standard InChI is InChI=1S/C14H15ClN2O/c1-10-2-3-12(15)13(8-10)18-14(9-16)11-4-6-17-7-5-11/h2-8,14H,9,16H2,1H3. The van der Waals surface area contributed by atoms with Crippen molar-refractivity contribution in [2.45, 2.75) is 13.0 Å². The van der Waals surface area contributed by atoms with Crippen LogP contribution in [0.4, 0.5) is 0 Å². The summed E-state index contributed by atoms with van der Waals surface area (Å²) < 4.78 is 5.88. The van der Waals surface area contributed by atoms with Crippen LogP contribution in [0.1, 0.15) is 17.2 Å². The number of nitrogens with zero attached hydrogens (tertiary/aromatic N) is 1. The van der Waals surface area contributed by atoms with E-state index in [1.807, 2.05) is 37.3 Å². The Morgan fingerprint density at radius 3 is 2.67 bits per heavy atom. The summed E-state index contributed by atoms with van der Waals surface area (Å²) in [5, 5.41) is 0.591. The molecule has 0 radical (unpaired) electrons. The van der Waals surface area contributed by atoms with Crippen molar-refractivity contribution >= 4 is 11.6 Å². The third-order valence-corrected chi connectivity index (χ3v) is 2.96. The van der Waals surface area contributed by atoms with Crippen LogP contribution in [0.25, 0.3) is 0 Å². The molecule has 0 bridgehead atoms. The van der Waals surface area contributed by atoms with Gasteiger partial charge in [-0.05, 0) is 42.3 Å². The summed E-state index contributed by atoms with van der Waals surface area (Å²) in [5.41, 5.74) is 7.84. The fraction of sp³-hybridized carbons (Fsp3) is 0.214. The number of halogens is 1. The number of aryl methyl sites for hydroxylation is 1. The summed E-state index contributed by atoms with van der Waals surface area (Å²) in [6.45, 7) is 2.38. The van der Waals surface area contributed by atoms with E-state index >= 15 is 0 Å². The first-order chi connectivity index (χ1) is 8.70. The molecule has 3 nitrogen and oxygen atoms in total. The molecular weight excluding hydrogens is 248 g/mol. The van der Waals surface area contributed by atoms with Gasteiger partial charge in [0.1, 0.15) is 11.9 Å². The Morgan fingerprint density at radius 2 is 2.00 bits per heavy atom. The summed E-state index contributed by atoms with van der Waals surface area (Å²) in [4.78, 5) is 3.98. The molecular formula is C14H15ClN2O. The predicted octanol–water partition coefficient (Wildman–Crippen LogP) is 3.12. The number of aromatic nitrogens is 1. The van der Waals surface area contributed by atoms with E-state index in [2.05, 4.69) is 4.98 Å². The van der Waals surface area contributed by atoms with E-state index < -0.39 is 0 Å². The second kappa shape index (κ2) is 5.85. The summed E-state index contributed by atoms with van der Waals surface area (Å²) in [5.74, 6) is 0.656. The van der Waals surface area contributed by atoms with Gasteiger partial charge in [0, 0.05) is 18.9 Å². The van der Waals surface area contributed by atoms with Crippen molar-refractivity contribution in [3.8, 4) is 5.75 Å². The number of rotatable bonds is 4. The molecule has 1 aromatic carbocycles. The molecule has 4 heteroatoms. The van der Waals surface area contributed by atoms with Crippen LogP contribution < -0.4 is 10.5 Å². The lowest BCUT2D eigenvalue weighted by Gasteiger charge is -2.18. The van der Waals surface area contributed by atoms with Crippen molar-refractivity contribution in [3.63, 3.8) is 0 Å². The van der Waals surface area contributed by atoms with Crippen LogP contribution in [-0.2, 0) is 0 Å². The highest BCUT2D eigenvalue weighted by Gasteiger charge is 2.13. The van der Waals surface area contributed by atoms with Crippen molar-refractivity contribution in [3.05, 3.63) is 58.9 Å². The molecule has 18 heavy (non-hydrogen) atoms. The molecule has 1 atom stereocenters. The number of hydrogen-bond donors (Lipinski definition) is 1. The molecule has 0 aliphatic carbocycles. The maximum Gasteiger partial charge on any atom is 0.139 e. The van der Waals surface area contributed by atoms with Gasteiger partial charge in [-0.25, -0.2) is 0 Å². The minimum absolute atomic E-state index is 0.215. The number of hydrogen-bond acceptors (Lipinski definition) is 3. The fourth-order valence-corrected chi connectivity index (χ4v) is 1.85. The molecule has 1 unspecified atom stereocenters. The van der Waals surface area contributed by atoms with Gasteiger partial charge in [-0.15, -0.1) is 0 Å². The van der Waals surface area contributed by atoms with Crippen LogP contribution in [0, 0.1) is 6.92 Å². The first-order valence-corrected chi connectivity index (χ1v) is 6.11. The topological polar surface area (TPSA) is 48.1 Å². The molecule has 1 heterocycles. The van der Waals surface area contributed by atoms with E-state index in [4.69, 9.17) is 22.1 Å².